The Kier molecular flexibility index (Phi) is 12.1. The van der Waals surface area contributed by atoms with Crippen LogP contribution in [0.4, 0.5) is 0 Å². The van der Waals surface area contributed by atoms with Gasteiger partial charge in [0.1, 0.15) is 0 Å². The van der Waals surface area contributed by atoms with E-state index in [0.717, 1.165) is 32.8 Å². The van der Waals surface area contributed by atoms with Crippen molar-refractivity contribution < 1.29 is 18.9 Å². The van der Waals surface area contributed by atoms with Gasteiger partial charge >= 0.3 is 0 Å². The molecule has 140 valence electrons. The van der Waals surface area contributed by atoms with Gasteiger partial charge < -0.3 is 18.9 Å². The van der Waals surface area contributed by atoms with Crippen molar-refractivity contribution in [2.24, 2.45) is 0 Å². The van der Waals surface area contributed by atoms with E-state index in [1.807, 2.05) is 20.8 Å². The summed E-state index contributed by atoms with van der Waals surface area (Å²) in [5, 5.41) is 0. The van der Waals surface area contributed by atoms with E-state index in [-0.39, 0.29) is 11.2 Å². The van der Waals surface area contributed by atoms with Gasteiger partial charge in [-0.15, -0.1) is 0 Å². The molecule has 0 bridgehead atoms. The van der Waals surface area contributed by atoms with E-state index in [1.54, 1.807) is 0 Å². The standard InChI is InChI=1S/C18H39NO4/c1-8-19(10-12-22-17(2,3)4)9-11-20-13-14-21-15-16-23-18(5,6)7/h8-16H2,1-7H3. The fourth-order valence-corrected chi connectivity index (χ4v) is 1.83. The Hall–Kier alpha value is -0.200. The lowest BCUT2D eigenvalue weighted by molar-refractivity contribution is -0.0437. The Morgan fingerprint density at radius 2 is 1.04 bits per heavy atom. The summed E-state index contributed by atoms with van der Waals surface area (Å²) >= 11 is 0. The monoisotopic (exact) mass is 333 g/mol. The molecule has 0 atom stereocenters. The molecule has 23 heavy (non-hydrogen) atoms. The quantitative estimate of drug-likeness (QED) is 0.485. The minimum atomic E-state index is -0.0970. The number of hydrogen-bond acceptors (Lipinski definition) is 5. The highest BCUT2D eigenvalue weighted by Crippen LogP contribution is 2.06. The van der Waals surface area contributed by atoms with E-state index >= 15 is 0 Å². The molecule has 0 N–H and O–H groups in total. The molecule has 0 rings (SSSR count). The molecule has 0 saturated carbocycles. The first kappa shape index (κ1) is 22.8. The van der Waals surface area contributed by atoms with Gasteiger partial charge in [0.2, 0.25) is 0 Å². The molecule has 0 unspecified atom stereocenters. The van der Waals surface area contributed by atoms with Crippen molar-refractivity contribution in [2.75, 3.05) is 59.3 Å². The smallest absolute Gasteiger partial charge is 0.0707 e. The SMILES string of the molecule is CCN(CCOCCOCCOC(C)(C)C)CCOC(C)(C)C. The van der Waals surface area contributed by atoms with Gasteiger partial charge in [0.05, 0.1) is 50.8 Å². The summed E-state index contributed by atoms with van der Waals surface area (Å²) in [6.07, 6.45) is 0. The lowest BCUT2D eigenvalue weighted by atomic mass is 10.2. The lowest BCUT2D eigenvalue weighted by Crippen LogP contribution is -2.33. The van der Waals surface area contributed by atoms with Crippen molar-refractivity contribution in [1.29, 1.82) is 0 Å². The number of nitrogens with zero attached hydrogens (tertiary/aromatic N) is 1. The normalized spacial score (nSPS) is 13.0. The second-order valence-corrected chi connectivity index (χ2v) is 7.58. The maximum Gasteiger partial charge on any atom is 0.0707 e. The van der Waals surface area contributed by atoms with Gasteiger partial charge in [0, 0.05) is 13.1 Å². The molecule has 5 nitrogen and oxygen atoms in total. The van der Waals surface area contributed by atoms with Gasteiger partial charge in [-0.2, -0.15) is 0 Å². The van der Waals surface area contributed by atoms with Crippen molar-refractivity contribution in [2.45, 2.75) is 59.7 Å². The molecular formula is C18H39NO4. The van der Waals surface area contributed by atoms with Crippen LogP contribution in [0, 0.1) is 0 Å². The van der Waals surface area contributed by atoms with Crippen molar-refractivity contribution in [3.05, 3.63) is 0 Å². The first-order valence-corrected chi connectivity index (χ1v) is 8.80. The maximum atomic E-state index is 5.75. The number of ether oxygens (including phenoxy) is 4. The van der Waals surface area contributed by atoms with E-state index in [4.69, 9.17) is 18.9 Å². The highest BCUT2D eigenvalue weighted by molar-refractivity contribution is 4.61. The zero-order valence-electron chi connectivity index (χ0n) is 16.4. The average molecular weight is 334 g/mol. The Morgan fingerprint density at radius 3 is 1.57 bits per heavy atom. The van der Waals surface area contributed by atoms with E-state index in [9.17, 15) is 0 Å². The van der Waals surface area contributed by atoms with Crippen LogP contribution in [0.2, 0.25) is 0 Å². The Labute approximate surface area is 143 Å². The zero-order valence-corrected chi connectivity index (χ0v) is 16.4. The number of likely N-dealkylation sites (N-methyl/N-ethyl adjacent to an activating group) is 1. The third kappa shape index (κ3) is 18.0. The molecule has 0 aromatic carbocycles. The minimum Gasteiger partial charge on any atom is -0.378 e. The van der Waals surface area contributed by atoms with Crippen molar-refractivity contribution in [1.82, 2.24) is 4.90 Å². The predicted molar refractivity (Wildman–Crippen MR) is 95.2 cm³/mol. The summed E-state index contributed by atoms with van der Waals surface area (Å²) in [5.41, 5.74) is -0.163. The molecule has 0 spiro atoms. The first-order valence-electron chi connectivity index (χ1n) is 8.80. The predicted octanol–water partition coefficient (Wildman–Crippen LogP) is 2.97. The molecule has 0 heterocycles. The molecule has 0 radical (unpaired) electrons. The molecular weight excluding hydrogens is 294 g/mol. The molecule has 5 heteroatoms. The van der Waals surface area contributed by atoms with Crippen LogP contribution >= 0.6 is 0 Å². The van der Waals surface area contributed by atoms with Crippen LogP contribution in [-0.4, -0.2) is 75.4 Å². The topological polar surface area (TPSA) is 40.2 Å². The average Bonchev–Trinajstić information content (AvgIpc) is 2.41. The van der Waals surface area contributed by atoms with E-state index in [1.165, 1.54) is 0 Å². The fraction of sp³-hybridized carbons (Fsp3) is 1.00. The van der Waals surface area contributed by atoms with Crippen LogP contribution in [0.1, 0.15) is 48.5 Å². The molecule has 0 saturated heterocycles. The summed E-state index contributed by atoms with van der Waals surface area (Å²) in [7, 11) is 0. The van der Waals surface area contributed by atoms with Crippen LogP contribution in [0.25, 0.3) is 0 Å². The Morgan fingerprint density at radius 1 is 0.609 bits per heavy atom. The van der Waals surface area contributed by atoms with Gasteiger partial charge in [0.15, 0.2) is 0 Å². The highest BCUT2D eigenvalue weighted by atomic mass is 16.5. The maximum absolute atomic E-state index is 5.75. The second kappa shape index (κ2) is 12.2. The van der Waals surface area contributed by atoms with Gasteiger partial charge in [-0.1, -0.05) is 6.92 Å². The largest absolute Gasteiger partial charge is 0.378 e. The highest BCUT2D eigenvalue weighted by Gasteiger charge is 2.11. The molecule has 0 aromatic heterocycles. The third-order valence-corrected chi connectivity index (χ3v) is 3.08. The van der Waals surface area contributed by atoms with Gasteiger partial charge in [-0.25, -0.2) is 0 Å². The molecule has 0 amide bonds. The Balaban J connectivity index is 3.44. The minimum absolute atomic E-state index is 0.0655. The van der Waals surface area contributed by atoms with Crippen LogP contribution in [0.5, 0.6) is 0 Å². The summed E-state index contributed by atoms with van der Waals surface area (Å²) in [4.78, 5) is 2.34. The summed E-state index contributed by atoms with van der Waals surface area (Å²) in [5.74, 6) is 0. The summed E-state index contributed by atoms with van der Waals surface area (Å²) in [6.45, 7) is 21.4. The second-order valence-electron chi connectivity index (χ2n) is 7.58. The first-order chi connectivity index (χ1) is 10.6. The molecule has 0 aliphatic heterocycles. The molecule has 0 aliphatic rings. The van der Waals surface area contributed by atoms with Crippen LogP contribution in [0.15, 0.2) is 0 Å². The van der Waals surface area contributed by atoms with Gasteiger partial charge in [0.25, 0.3) is 0 Å². The number of rotatable bonds is 13. The number of hydrogen-bond donors (Lipinski definition) is 0. The molecule has 0 aromatic rings. The summed E-state index contributed by atoms with van der Waals surface area (Å²) in [6, 6.07) is 0. The van der Waals surface area contributed by atoms with Crippen molar-refractivity contribution in [3.8, 4) is 0 Å². The lowest BCUT2D eigenvalue weighted by Gasteiger charge is -2.24. The van der Waals surface area contributed by atoms with Crippen molar-refractivity contribution >= 4 is 0 Å². The van der Waals surface area contributed by atoms with E-state index in [0.29, 0.717) is 26.4 Å². The van der Waals surface area contributed by atoms with Gasteiger partial charge in [-0.3, -0.25) is 4.90 Å². The summed E-state index contributed by atoms with van der Waals surface area (Å²) < 4.78 is 22.4. The van der Waals surface area contributed by atoms with Crippen LogP contribution < -0.4 is 0 Å². The van der Waals surface area contributed by atoms with E-state index < -0.39 is 0 Å². The zero-order chi connectivity index (χ0) is 17.8. The van der Waals surface area contributed by atoms with Crippen LogP contribution in [-0.2, 0) is 18.9 Å². The molecule has 0 fully saturated rings. The Bertz CT molecular complexity index is 271. The molecule has 0 aliphatic carbocycles. The van der Waals surface area contributed by atoms with E-state index in [2.05, 4.69) is 32.6 Å². The van der Waals surface area contributed by atoms with Crippen molar-refractivity contribution in [3.63, 3.8) is 0 Å². The van der Waals surface area contributed by atoms with Crippen LogP contribution in [0.3, 0.4) is 0 Å². The van der Waals surface area contributed by atoms with Gasteiger partial charge in [-0.05, 0) is 48.1 Å². The fourth-order valence-electron chi connectivity index (χ4n) is 1.83. The third-order valence-electron chi connectivity index (χ3n) is 3.08.